The van der Waals surface area contributed by atoms with Gasteiger partial charge in [-0.25, -0.2) is 4.39 Å². The molecule has 3 nitrogen and oxygen atoms in total. The molecule has 0 saturated heterocycles. The van der Waals surface area contributed by atoms with Crippen LogP contribution in [-0.4, -0.2) is 12.6 Å². The van der Waals surface area contributed by atoms with Gasteiger partial charge in [0.1, 0.15) is 23.1 Å². The van der Waals surface area contributed by atoms with Crippen LogP contribution in [0.2, 0.25) is 0 Å². The summed E-state index contributed by atoms with van der Waals surface area (Å²) in [5.74, 6) is 1.80. The van der Waals surface area contributed by atoms with E-state index in [4.69, 9.17) is 15.2 Å². The summed E-state index contributed by atoms with van der Waals surface area (Å²) >= 11 is 0. The lowest BCUT2D eigenvalue weighted by Gasteiger charge is -2.13. The van der Waals surface area contributed by atoms with Crippen molar-refractivity contribution >= 4 is 0 Å². The predicted octanol–water partition coefficient (Wildman–Crippen LogP) is 3.91. The first-order chi connectivity index (χ1) is 10.1. The summed E-state index contributed by atoms with van der Waals surface area (Å²) < 4.78 is 24.6. The number of nitrogens with two attached hydrogens (primary N) is 1. The van der Waals surface area contributed by atoms with E-state index in [0.717, 1.165) is 11.3 Å². The molecule has 0 aliphatic heterocycles. The maximum atomic E-state index is 13.4. The number of halogens is 1. The molecular formula is C17H20FNO2. The fraction of sp³-hybridized carbons (Fsp3) is 0.294. The first-order valence-corrected chi connectivity index (χ1v) is 7.03. The Bertz CT molecular complexity index is 582. The quantitative estimate of drug-likeness (QED) is 0.877. The SMILES string of the molecule is CCOc1ccc(Oc2ccc(F)cc2CC(C)N)cc1. The summed E-state index contributed by atoms with van der Waals surface area (Å²) in [5, 5.41) is 0. The van der Waals surface area contributed by atoms with E-state index in [1.54, 1.807) is 6.07 Å². The minimum atomic E-state index is -0.287. The molecule has 0 saturated carbocycles. The summed E-state index contributed by atoms with van der Waals surface area (Å²) in [7, 11) is 0. The molecule has 112 valence electrons. The van der Waals surface area contributed by atoms with Gasteiger partial charge < -0.3 is 15.2 Å². The Balaban J connectivity index is 2.18. The average Bonchev–Trinajstić information content (AvgIpc) is 2.43. The van der Waals surface area contributed by atoms with E-state index in [0.29, 0.717) is 24.5 Å². The summed E-state index contributed by atoms with van der Waals surface area (Å²) in [5.41, 5.74) is 6.56. The second-order valence-electron chi connectivity index (χ2n) is 4.94. The van der Waals surface area contributed by atoms with Gasteiger partial charge in [0.25, 0.3) is 0 Å². The third kappa shape index (κ3) is 4.46. The van der Waals surface area contributed by atoms with Gasteiger partial charge >= 0.3 is 0 Å². The van der Waals surface area contributed by atoms with Crippen LogP contribution in [0.25, 0.3) is 0 Å². The largest absolute Gasteiger partial charge is 0.494 e. The Kier molecular flexibility index (Phi) is 5.17. The fourth-order valence-corrected chi connectivity index (χ4v) is 2.05. The van der Waals surface area contributed by atoms with E-state index < -0.39 is 0 Å². The maximum absolute atomic E-state index is 13.4. The molecule has 21 heavy (non-hydrogen) atoms. The van der Waals surface area contributed by atoms with Crippen LogP contribution in [0.1, 0.15) is 19.4 Å². The first kappa shape index (κ1) is 15.3. The van der Waals surface area contributed by atoms with Gasteiger partial charge in [-0.2, -0.15) is 0 Å². The van der Waals surface area contributed by atoms with Gasteiger partial charge in [-0.1, -0.05) is 0 Å². The molecule has 2 aromatic carbocycles. The fourth-order valence-electron chi connectivity index (χ4n) is 2.05. The van der Waals surface area contributed by atoms with E-state index >= 15 is 0 Å². The second kappa shape index (κ2) is 7.09. The van der Waals surface area contributed by atoms with Crippen molar-refractivity contribution in [3.63, 3.8) is 0 Å². The Morgan fingerprint density at radius 1 is 1.10 bits per heavy atom. The van der Waals surface area contributed by atoms with E-state index in [1.165, 1.54) is 12.1 Å². The van der Waals surface area contributed by atoms with Crippen LogP contribution in [0.5, 0.6) is 17.2 Å². The summed E-state index contributed by atoms with van der Waals surface area (Å²) in [6.45, 7) is 4.44. The summed E-state index contributed by atoms with van der Waals surface area (Å²) in [6.07, 6.45) is 0.560. The Labute approximate surface area is 124 Å². The molecule has 1 unspecified atom stereocenters. The van der Waals surface area contributed by atoms with Crippen molar-refractivity contribution in [1.82, 2.24) is 0 Å². The van der Waals surface area contributed by atoms with Crippen molar-refractivity contribution in [2.24, 2.45) is 5.73 Å². The van der Waals surface area contributed by atoms with Crippen molar-refractivity contribution in [2.45, 2.75) is 26.3 Å². The zero-order valence-electron chi connectivity index (χ0n) is 12.3. The topological polar surface area (TPSA) is 44.5 Å². The molecule has 0 amide bonds. The standard InChI is InChI=1S/C17H20FNO2/c1-3-20-15-5-7-16(8-6-15)21-17-9-4-14(18)11-13(17)10-12(2)19/h4-9,11-12H,3,10,19H2,1-2H3. The molecule has 2 N–H and O–H groups in total. The van der Waals surface area contributed by atoms with Crippen LogP contribution in [0.15, 0.2) is 42.5 Å². The number of benzene rings is 2. The smallest absolute Gasteiger partial charge is 0.130 e. The predicted molar refractivity (Wildman–Crippen MR) is 81.4 cm³/mol. The number of ether oxygens (including phenoxy) is 2. The van der Waals surface area contributed by atoms with Gasteiger partial charge in [0.05, 0.1) is 6.61 Å². The van der Waals surface area contributed by atoms with Gasteiger partial charge in [0, 0.05) is 6.04 Å². The molecular weight excluding hydrogens is 269 g/mol. The highest BCUT2D eigenvalue weighted by atomic mass is 19.1. The van der Waals surface area contributed by atoms with Gasteiger partial charge in [0.15, 0.2) is 0 Å². The summed E-state index contributed by atoms with van der Waals surface area (Å²) in [6, 6.07) is 11.7. The molecule has 0 aliphatic rings. The molecule has 0 fully saturated rings. The van der Waals surface area contributed by atoms with Crippen LogP contribution in [0.3, 0.4) is 0 Å². The lowest BCUT2D eigenvalue weighted by molar-refractivity contribution is 0.339. The molecule has 0 bridgehead atoms. The molecule has 0 aliphatic carbocycles. The Hall–Kier alpha value is -2.07. The molecule has 0 heterocycles. The molecule has 4 heteroatoms. The Morgan fingerprint density at radius 3 is 2.38 bits per heavy atom. The number of hydrogen-bond donors (Lipinski definition) is 1. The average molecular weight is 289 g/mol. The second-order valence-corrected chi connectivity index (χ2v) is 4.94. The van der Waals surface area contributed by atoms with E-state index in [2.05, 4.69) is 0 Å². The summed E-state index contributed by atoms with van der Waals surface area (Å²) in [4.78, 5) is 0. The van der Waals surface area contributed by atoms with E-state index in [1.807, 2.05) is 38.1 Å². The van der Waals surface area contributed by atoms with Gasteiger partial charge in [-0.3, -0.25) is 0 Å². The molecule has 0 spiro atoms. The van der Waals surface area contributed by atoms with Crippen molar-refractivity contribution in [1.29, 1.82) is 0 Å². The highest BCUT2D eigenvalue weighted by Crippen LogP contribution is 2.28. The number of hydrogen-bond acceptors (Lipinski definition) is 3. The van der Waals surface area contributed by atoms with Crippen molar-refractivity contribution < 1.29 is 13.9 Å². The van der Waals surface area contributed by atoms with Crippen LogP contribution in [0, 0.1) is 5.82 Å². The van der Waals surface area contributed by atoms with Crippen LogP contribution < -0.4 is 15.2 Å². The first-order valence-electron chi connectivity index (χ1n) is 7.03. The molecule has 0 radical (unpaired) electrons. The van der Waals surface area contributed by atoms with Crippen LogP contribution in [0.4, 0.5) is 4.39 Å². The molecule has 0 aromatic heterocycles. The molecule has 2 aromatic rings. The lowest BCUT2D eigenvalue weighted by Crippen LogP contribution is -2.18. The number of rotatable bonds is 6. The van der Waals surface area contributed by atoms with Crippen LogP contribution >= 0.6 is 0 Å². The minimum Gasteiger partial charge on any atom is -0.494 e. The van der Waals surface area contributed by atoms with Crippen LogP contribution in [-0.2, 0) is 6.42 Å². The zero-order valence-corrected chi connectivity index (χ0v) is 12.3. The third-order valence-corrected chi connectivity index (χ3v) is 2.93. The highest BCUT2D eigenvalue weighted by molar-refractivity contribution is 5.40. The van der Waals surface area contributed by atoms with E-state index in [9.17, 15) is 4.39 Å². The van der Waals surface area contributed by atoms with Crippen molar-refractivity contribution in [2.75, 3.05) is 6.61 Å². The molecule has 1 atom stereocenters. The van der Waals surface area contributed by atoms with Gasteiger partial charge in [-0.15, -0.1) is 0 Å². The lowest BCUT2D eigenvalue weighted by atomic mass is 10.1. The van der Waals surface area contributed by atoms with E-state index in [-0.39, 0.29) is 11.9 Å². The normalized spacial score (nSPS) is 12.0. The van der Waals surface area contributed by atoms with Gasteiger partial charge in [-0.05, 0) is 68.3 Å². The maximum Gasteiger partial charge on any atom is 0.130 e. The highest BCUT2D eigenvalue weighted by Gasteiger charge is 2.09. The van der Waals surface area contributed by atoms with Crippen molar-refractivity contribution in [3.05, 3.63) is 53.8 Å². The third-order valence-electron chi connectivity index (χ3n) is 2.93. The monoisotopic (exact) mass is 289 g/mol. The zero-order chi connectivity index (χ0) is 15.2. The molecule has 2 rings (SSSR count). The minimum absolute atomic E-state index is 0.0607. The van der Waals surface area contributed by atoms with Crippen molar-refractivity contribution in [3.8, 4) is 17.2 Å². The van der Waals surface area contributed by atoms with Gasteiger partial charge in [0.2, 0.25) is 0 Å². The Morgan fingerprint density at radius 2 is 1.76 bits per heavy atom.